The summed E-state index contributed by atoms with van der Waals surface area (Å²) in [4.78, 5) is 0. The van der Waals surface area contributed by atoms with Gasteiger partial charge in [-0.15, -0.1) is 10.2 Å². The van der Waals surface area contributed by atoms with Crippen LogP contribution in [0.15, 0.2) is 40.8 Å². The highest BCUT2D eigenvalue weighted by molar-refractivity contribution is 5.48. The molecule has 4 rings (SSSR count). The molecule has 6 nitrogen and oxygen atoms in total. The summed E-state index contributed by atoms with van der Waals surface area (Å²) in [6.07, 6.45) is 2.25. The van der Waals surface area contributed by atoms with Crippen LogP contribution in [0.3, 0.4) is 0 Å². The summed E-state index contributed by atoms with van der Waals surface area (Å²) in [5.41, 5.74) is 3.38. The molecular formula is C19H22N4O2. The number of hydrogen-bond donors (Lipinski definition) is 1. The van der Waals surface area contributed by atoms with Crippen molar-refractivity contribution >= 4 is 0 Å². The van der Waals surface area contributed by atoms with Crippen molar-refractivity contribution < 1.29 is 9.15 Å². The van der Waals surface area contributed by atoms with Crippen LogP contribution in [-0.4, -0.2) is 27.4 Å². The minimum atomic E-state index is 0.174. The van der Waals surface area contributed by atoms with Crippen LogP contribution >= 0.6 is 0 Å². The van der Waals surface area contributed by atoms with Crippen LogP contribution in [0, 0.1) is 6.92 Å². The van der Waals surface area contributed by atoms with Gasteiger partial charge in [-0.05, 0) is 43.5 Å². The average molecular weight is 338 g/mol. The summed E-state index contributed by atoms with van der Waals surface area (Å²) < 4.78 is 13.8. The average Bonchev–Trinajstić information content (AvgIpc) is 3.22. The first-order valence-corrected chi connectivity index (χ1v) is 8.61. The number of para-hydroxylation sites is 1. The molecular weight excluding hydrogens is 316 g/mol. The second-order valence-electron chi connectivity index (χ2n) is 6.44. The van der Waals surface area contributed by atoms with Gasteiger partial charge in [-0.1, -0.05) is 18.2 Å². The van der Waals surface area contributed by atoms with Crippen LogP contribution in [0.4, 0.5) is 0 Å². The molecule has 0 aliphatic carbocycles. The van der Waals surface area contributed by atoms with Gasteiger partial charge in [0.05, 0.1) is 6.54 Å². The number of nitrogens with one attached hydrogen (secondary N) is 1. The zero-order valence-corrected chi connectivity index (χ0v) is 14.5. The molecule has 0 fully saturated rings. The van der Waals surface area contributed by atoms with E-state index in [1.165, 1.54) is 5.56 Å². The Kier molecular flexibility index (Phi) is 4.28. The first kappa shape index (κ1) is 15.9. The van der Waals surface area contributed by atoms with Crippen LogP contribution in [-0.2, 0) is 20.0 Å². The molecule has 0 amide bonds. The normalized spacial score (nSPS) is 16.5. The molecule has 0 unspecified atom stereocenters. The van der Waals surface area contributed by atoms with Gasteiger partial charge < -0.3 is 19.0 Å². The first-order chi connectivity index (χ1) is 12.2. The van der Waals surface area contributed by atoms with Crippen LogP contribution in [0.1, 0.15) is 23.6 Å². The fraction of sp³-hybridized carbons (Fsp3) is 0.368. The lowest BCUT2D eigenvalue weighted by atomic mass is 10.0. The van der Waals surface area contributed by atoms with Gasteiger partial charge in [-0.2, -0.15) is 0 Å². The monoisotopic (exact) mass is 338 g/mol. The zero-order valence-electron chi connectivity index (χ0n) is 14.5. The third-order valence-electron chi connectivity index (χ3n) is 4.71. The summed E-state index contributed by atoms with van der Waals surface area (Å²) in [7, 11) is 1.99. The van der Waals surface area contributed by atoms with Gasteiger partial charge in [0, 0.05) is 19.3 Å². The third-order valence-corrected chi connectivity index (χ3v) is 4.71. The number of rotatable bonds is 5. The molecule has 25 heavy (non-hydrogen) atoms. The van der Waals surface area contributed by atoms with Crippen molar-refractivity contribution in [3.63, 3.8) is 0 Å². The van der Waals surface area contributed by atoms with E-state index in [0.717, 1.165) is 36.5 Å². The maximum absolute atomic E-state index is 6.03. The SMILES string of the molecule is Cc1ccc(-c2nnc(CNC[C@H]3CCc4ccccc4O3)o2)n1C. The van der Waals surface area contributed by atoms with Crippen LogP contribution in [0.5, 0.6) is 5.75 Å². The summed E-state index contributed by atoms with van der Waals surface area (Å²) in [6.45, 7) is 3.35. The highest BCUT2D eigenvalue weighted by Crippen LogP contribution is 2.26. The quantitative estimate of drug-likeness (QED) is 0.775. The Morgan fingerprint density at radius 3 is 2.92 bits per heavy atom. The summed E-state index contributed by atoms with van der Waals surface area (Å²) in [6, 6.07) is 12.3. The van der Waals surface area contributed by atoms with Gasteiger partial charge >= 0.3 is 0 Å². The van der Waals surface area contributed by atoms with Crippen LogP contribution in [0.25, 0.3) is 11.6 Å². The van der Waals surface area contributed by atoms with Crippen molar-refractivity contribution in [1.82, 2.24) is 20.1 Å². The van der Waals surface area contributed by atoms with E-state index in [2.05, 4.69) is 27.6 Å². The van der Waals surface area contributed by atoms with Gasteiger partial charge in [-0.25, -0.2) is 0 Å². The summed E-state index contributed by atoms with van der Waals surface area (Å²) >= 11 is 0. The Morgan fingerprint density at radius 2 is 2.08 bits per heavy atom. The number of ether oxygens (including phenoxy) is 1. The molecule has 3 aromatic rings. The minimum Gasteiger partial charge on any atom is -0.489 e. The van der Waals surface area contributed by atoms with Crippen molar-refractivity contribution in [3.05, 3.63) is 53.5 Å². The van der Waals surface area contributed by atoms with E-state index in [0.29, 0.717) is 18.3 Å². The van der Waals surface area contributed by atoms with Crippen molar-refractivity contribution in [3.8, 4) is 17.3 Å². The van der Waals surface area contributed by atoms with Gasteiger partial charge in [0.25, 0.3) is 5.89 Å². The highest BCUT2D eigenvalue weighted by Gasteiger charge is 2.19. The van der Waals surface area contributed by atoms with E-state index >= 15 is 0 Å². The van der Waals surface area contributed by atoms with E-state index in [9.17, 15) is 0 Å². The molecule has 3 heterocycles. The van der Waals surface area contributed by atoms with E-state index in [4.69, 9.17) is 9.15 Å². The Labute approximate surface area is 146 Å². The second-order valence-corrected chi connectivity index (χ2v) is 6.44. The van der Waals surface area contributed by atoms with E-state index < -0.39 is 0 Å². The maximum atomic E-state index is 6.03. The first-order valence-electron chi connectivity index (χ1n) is 8.61. The largest absolute Gasteiger partial charge is 0.489 e. The fourth-order valence-corrected chi connectivity index (χ4v) is 3.12. The van der Waals surface area contributed by atoms with E-state index in [1.807, 2.05) is 42.8 Å². The molecule has 2 aromatic heterocycles. The van der Waals surface area contributed by atoms with Gasteiger partial charge in [0.2, 0.25) is 5.89 Å². The Bertz CT molecular complexity index is 868. The second kappa shape index (κ2) is 6.72. The van der Waals surface area contributed by atoms with Crippen LogP contribution < -0.4 is 10.1 Å². The van der Waals surface area contributed by atoms with Crippen molar-refractivity contribution in [2.24, 2.45) is 7.05 Å². The summed E-state index contributed by atoms with van der Waals surface area (Å²) in [5.74, 6) is 2.14. The zero-order chi connectivity index (χ0) is 17.2. The lowest BCUT2D eigenvalue weighted by Crippen LogP contribution is -2.34. The van der Waals surface area contributed by atoms with Crippen molar-refractivity contribution in [1.29, 1.82) is 0 Å². The highest BCUT2D eigenvalue weighted by atomic mass is 16.5. The topological polar surface area (TPSA) is 65.1 Å². The third kappa shape index (κ3) is 3.30. The minimum absolute atomic E-state index is 0.174. The molecule has 0 saturated heterocycles. The Morgan fingerprint density at radius 1 is 1.20 bits per heavy atom. The standard InChI is InChI=1S/C19H22N4O2/c1-13-7-10-16(23(13)2)19-22-21-18(25-19)12-20-11-15-9-8-14-5-3-4-6-17(14)24-15/h3-7,10,15,20H,8-9,11-12H2,1-2H3/t15-/m1/s1. The van der Waals surface area contributed by atoms with Gasteiger partial charge in [-0.3, -0.25) is 0 Å². The molecule has 1 aliphatic heterocycles. The molecule has 6 heteroatoms. The van der Waals surface area contributed by atoms with E-state index in [1.54, 1.807) is 0 Å². The number of aromatic nitrogens is 3. The number of aryl methyl sites for hydroxylation is 2. The maximum Gasteiger partial charge on any atom is 0.264 e. The van der Waals surface area contributed by atoms with Crippen molar-refractivity contribution in [2.75, 3.05) is 6.54 Å². The smallest absolute Gasteiger partial charge is 0.264 e. The molecule has 1 atom stereocenters. The number of hydrogen-bond acceptors (Lipinski definition) is 5. The molecule has 1 aliphatic rings. The predicted molar refractivity (Wildman–Crippen MR) is 94.3 cm³/mol. The van der Waals surface area contributed by atoms with Gasteiger partial charge in [0.1, 0.15) is 17.5 Å². The molecule has 0 spiro atoms. The molecule has 1 N–H and O–H groups in total. The molecule has 0 bridgehead atoms. The molecule has 130 valence electrons. The Hall–Kier alpha value is -2.60. The predicted octanol–water partition coefficient (Wildman–Crippen LogP) is 2.87. The molecule has 1 aromatic carbocycles. The molecule has 0 radical (unpaired) electrons. The lowest BCUT2D eigenvalue weighted by molar-refractivity contribution is 0.169. The fourth-order valence-electron chi connectivity index (χ4n) is 3.12. The number of benzene rings is 1. The van der Waals surface area contributed by atoms with E-state index in [-0.39, 0.29) is 6.10 Å². The van der Waals surface area contributed by atoms with Gasteiger partial charge in [0.15, 0.2) is 0 Å². The number of nitrogens with zero attached hydrogens (tertiary/aromatic N) is 3. The molecule has 0 saturated carbocycles. The number of fused-ring (bicyclic) bond motifs is 1. The lowest BCUT2D eigenvalue weighted by Gasteiger charge is -2.26. The Balaban J connectivity index is 1.32. The van der Waals surface area contributed by atoms with Crippen LogP contribution in [0.2, 0.25) is 0 Å². The summed E-state index contributed by atoms with van der Waals surface area (Å²) in [5, 5.41) is 11.6. The van der Waals surface area contributed by atoms with Crippen molar-refractivity contribution in [2.45, 2.75) is 32.4 Å².